The highest BCUT2D eigenvalue weighted by atomic mass is 35.5. The highest BCUT2D eigenvalue weighted by molar-refractivity contribution is 6.32. The van der Waals surface area contributed by atoms with Crippen LogP contribution >= 0.6 is 24.0 Å². The monoisotopic (exact) mass is 478 g/mol. The number of nitrogens with one attached hydrogen (secondary N) is 1. The van der Waals surface area contributed by atoms with Crippen molar-refractivity contribution in [3.63, 3.8) is 0 Å². The first-order valence-electron chi connectivity index (χ1n) is 12.5. The Bertz CT molecular complexity index is 1480. The van der Waals surface area contributed by atoms with E-state index in [1.54, 1.807) is 0 Å². The van der Waals surface area contributed by atoms with E-state index >= 15 is 0 Å². The number of aryl methyl sites for hydroxylation is 1. The smallest absolute Gasteiger partial charge is 0.355 e. The van der Waals surface area contributed by atoms with E-state index in [2.05, 4.69) is 25.6 Å². The molecule has 0 saturated heterocycles. The van der Waals surface area contributed by atoms with Crippen molar-refractivity contribution in [3.05, 3.63) is 70.6 Å². The normalized spacial score (nSPS) is 13.3. The van der Waals surface area contributed by atoms with Gasteiger partial charge in [0, 0.05) is 18.5 Å². The molecule has 0 aliphatic rings. The second-order valence-corrected chi connectivity index (χ2v) is 7.01. The second kappa shape index (κ2) is 10.4. The number of carboxylic acids is 1. The van der Waals surface area contributed by atoms with Gasteiger partial charge in [-0.15, -0.1) is 22.6 Å². The largest absolute Gasteiger partial charge is 0.476 e. The summed E-state index contributed by atoms with van der Waals surface area (Å²) in [5, 5.41) is 23.1. The van der Waals surface area contributed by atoms with Crippen LogP contribution < -0.4 is 0 Å². The maximum Gasteiger partial charge on any atom is 0.355 e. The van der Waals surface area contributed by atoms with Gasteiger partial charge in [0.1, 0.15) is 5.82 Å². The van der Waals surface area contributed by atoms with Crippen LogP contribution in [-0.2, 0) is 13.0 Å². The molecule has 2 N–H and O–H groups in total. The third-order valence-corrected chi connectivity index (χ3v) is 4.88. The van der Waals surface area contributed by atoms with E-state index in [0.717, 1.165) is 6.42 Å². The van der Waals surface area contributed by atoms with E-state index in [4.69, 9.17) is 19.8 Å². The van der Waals surface area contributed by atoms with Gasteiger partial charge < -0.3 is 9.67 Å². The Hall–Kier alpha value is -3.23. The van der Waals surface area contributed by atoms with Crippen LogP contribution in [0, 0.1) is 0 Å². The Morgan fingerprint density at radius 1 is 1.22 bits per heavy atom. The minimum absolute atomic E-state index is 0. The topological polar surface area (TPSA) is 110 Å². The number of rotatable bonds is 8. The first-order valence-corrected chi connectivity index (χ1v) is 9.87. The predicted octanol–water partition coefficient (Wildman–Crippen LogP) is 4.89. The van der Waals surface area contributed by atoms with Crippen LogP contribution in [0.15, 0.2) is 48.4 Å². The van der Waals surface area contributed by atoms with E-state index in [0.29, 0.717) is 18.7 Å². The van der Waals surface area contributed by atoms with E-state index in [-0.39, 0.29) is 82.0 Å². The Morgan fingerprint density at radius 3 is 2.56 bits per heavy atom. The molecule has 8 nitrogen and oxygen atoms in total. The number of aromatic carboxylic acids is 1. The van der Waals surface area contributed by atoms with Crippen LogP contribution in [0.5, 0.6) is 0 Å². The minimum Gasteiger partial charge on any atom is -0.476 e. The van der Waals surface area contributed by atoms with Crippen LogP contribution in [0.1, 0.15) is 49.9 Å². The molecule has 0 aliphatic carbocycles. The van der Waals surface area contributed by atoms with Crippen molar-refractivity contribution in [2.24, 2.45) is 0 Å². The van der Waals surface area contributed by atoms with Gasteiger partial charge in [0.15, 0.2) is 10.8 Å². The van der Waals surface area contributed by atoms with Crippen molar-refractivity contribution < 1.29 is 18.1 Å². The molecule has 0 radical (unpaired) electrons. The number of carboxylic acid groups (broad SMARTS) is 1. The number of carbonyl (C=O) groups is 1. The molecule has 166 valence electrons. The summed E-state index contributed by atoms with van der Waals surface area (Å²) >= 11 is 6.10. The summed E-state index contributed by atoms with van der Waals surface area (Å²) in [5.74, 6) is -0.894. The zero-order chi connectivity index (χ0) is 27.0. The number of benzene rings is 2. The van der Waals surface area contributed by atoms with Crippen molar-refractivity contribution >= 4 is 30.0 Å². The first-order chi connectivity index (χ1) is 17.6. The zero-order valence-corrected chi connectivity index (χ0v) is 18.4. The van der Waals surface area contributed by atoms with Crippen molar-refractivity contribution in [2.45, 2.75) is 32.7 Å². The number of hydrogen-bond donors (Lipinski definition) is 2. The van der Waals surface area contributed by atoms with E-state index in [9.17, 15) is 9.90 Å². The van der Waals surface area contributed by atoms with Gasteiger partial charge in [-0.05, 0) is 28.3 Å². The summed E-state index contributed by atoms with van der Waals surface area (Å²) in [6.07, 6.45) is 1.95. The molecule has 0 amide bonds. The molecule has 0 aliphatic heterocycles. The Morgan fingerprint density at radius 2 is 1.94 bits per heavy atom. The Balaban J connectivity index is 0.00000400. The van der Waals surface area contributed by atoms with E-state index < -0.39 is 18.1 Å². The number of halogens is 2. The van der Waals surface area contributed by atoms with Gasteiger partial charge in [-0.25, -0.2) is 9.78 Å². The number of unbranched alkanes of at least 4 members (excludes halogenated alkanes) is 1. The number of H-pyrrole nitrogens is 1. The molecule has 0 unspecified atom stereocenters. The van der Waals surface area contributed by atoms with Crippen LogP contribution in [0.2, 0.25) is 5.15 Å². The van der Waals surface area contributed by atoms with Crippen LogP contribution in [-0.4, -0.2) is 41.3 Å². The van der Waals surface area contributed by atoms with Gasteiger partial charge in [0.25, 0.3) is 0 Å². The quantitative estimate of drug-likeness (QED) is 0.372. The van der Waals surface area contributed by atoms with Crippen molar-refractivity contribution in [2.75, 3.05) is 0 Å². The molecule has 0 bridgehead atoms. The van der Waals surface area contributed by atoms with Gasteiger partial charge in [-0.3, -0.25) is 0 Å². The predicted molar refractivity (Wildman–Crippen MR) is 124 cm³/mol. The number of aromatic amines is 1. The molecular formula is C22H22Cl2N6O2. The fourth-order valence-electron chi connectivity index (χ4n) is 3.13. The second-order valence-electron chi connectivity index (χ2n) is 6.66. The maximum atomic E-state index is 11.9. The number of hydrogen-bond acceptors (Lipinski definition) is 5. The highest BCUT2D eigenvalue weighted by Gasteiger charge is 2.21. The number of tetrazole rings is 1. The lowest BCUT2D eigenvalue weighted by Crippen LogP contribution is -2.13. The highest BCUT2D eigenvalue weighted by Crippen LogP contribution is 2.30. The summed E-state index contributed by atoms with van der Waals surface area (Å²) in [4.78, 5) is 16.1. The minimum atomic E-state index is -1.32. The van der Waals surface area contributed by atoms with Crippen molar-refractivity contribution in [3.8, 4) is 22.5 Å². The average molecular weight is 479 g/mol. The first kappa shape index (κ1) is 16.4. The van der Waals surface area contributed by atoms with Crippen molar-refractivity contribution in [1.82, 2.24) is 30.2 Å². The SMILES string of the molecule is Cl.[2H]c1cc(-c2nn[nH]n2)c(-c2c([2H])c([2H])c(Cn3c(CCCC)nc(Cl)c3C(=O)O)c([2H])c2[2H])cc1[2H]. The molecule has 0 atom stereocenters. The number of nitrogens with zero attached hydrogens (tertiary/aromatic N) is 5. The zero-order valence-electron chi connectivity index (χ0n) is 22.9. The average Bonchev–Trinajstić information content (AvgIpc) is 3.49. The third kappa shape index (κ3) is 4.81. The van der Waals surface area contributed by atoms with Gasteiger partial charge in [-0.2, -0.15) is 5.21 Å². The number of imidazole rings is 1. The summed E-state index contributed by atoms with van der Waals surface area (Å²) in [6, 6.07) is 0.635. The van der Waals surface area contributed by atoms with Gasteiger partial charge in [0.05, 0.1) is 8.22 Å². The molecule has 4 rings (SSSR count). The summed E-state index contributed by atoms with van der Waals surface area (Å²) in [7, 11) is 0. The molecule has 4 aromatic rings. The molecule has 2 aromatic carbocycles. The molecule has 10 heteroatoms. The molecule has 2 aromatic heterocycles. The summed E-state index contributed by atoms with van der Waals surface area (Å²) in [5.41, 5.74) is -0.109. The standard InChI is InChI=1S/C22H21ClN6O2.ClH/c1-2-3-8-18-24-20(23)19(22(30)31)29(18)13-14-9-11-15(12-10-14)16-6-4-5-7-17(16)21-25-27-28-26-21;/h4-7,9-12H,2-3,8,13H2,1H3,(H,30,31)(H,25,26,27,28);1H/i4D,5D,9D,10D,11D,12D;. The Labute approximate surface area is 204 Å². The lowest BCUT2D eigenvalue weighted by Gasteiger charge is -2.12. The Kier molecular flexibility index (Phi) is 5.33. The van der Waals surface area contributed by atoms with Crippen LogP contribution in [0.25, 0.3) is 22.5 Å². The van der Waals surface area contributed by atoms with Crippen LogP contribution in [0.4, 0.5) is 0 Å². The third-order valence-electron chi connectivity index (χ3n) is 4.62. The summed E-state index contributed by atoms with van der Waals surface area (Å²) < 4.78 is 52.1. The molecule has 0 spiro atoms. The molecule has 0 fully saturated rings. The molecule has 2 heterocycles. The van der Waals surface area contributed by atoms with Gasteiger partial charge in [0.2, 0.25) is 5.82 Å². The summed E-state index contributed by atoms with van der Waals surface area (Å²) in [6.45, 7) is 1.68. The number of aromatic nitrogens is 6. The van der Waals surface area contributed by atoms with E-state index in [1.807, 2.05) is 6.92 Å². The lowest BCUT2D eigenvalue weighted by molar-refractivity contribution is 0.0685. The molecule has 32 heavy (non-hydrogen) atoms. The van der Waals surface area contributed by atoms with Gasteiger partial charge in [-0.1, -0.05) is 73.3 Å². The van der Waals surface area contributed by atoms with E-state index in [1.165, 1.54) is 16.7 Å². The van der Waals surface area contributed by atoms with Gasteiger partial charge >= 0.3 is 5.97 Å². The molecule has 0 saturated carbocycles. The van der Waals surface area contributed by atoms with Crippen LogP contribution in [0.3, 0.4) is 0 Å². The fraction of sp³-hybridized carbons (Fsp3) is 0.227. The molecular weight excluding hydrogens is 451 g/mol. The van der Waals surface area contributed by atoms with Crippen molar-refractivity contribution in [1.29, 1.82) is 0 Å². The fourth-order valence-corrected chi connectivity index (χ4v) is 3.41. The lowest BCUT2D eigenvalue weighted by atomic mass is 9.98. The maximum absolute atomic E-state index is 11.9.